The summed E-state index contributed by atoms with van der Waals surface area (Å²) < 4.78 is 5.83. The first kappa shape index (κ1) is 19.7. The van der Waals surface area contributed by atoms with Crippen molar-refractivity contribution < 1.29 is 14.5 Å². The van der Waals surface area contributed by atoms with Crippen LogP contribution in [0.1, 0.15) is 15.9 Å². The number of aromatic nitrogens is 2. The summed E-state index contributed by atoms with van der Waals surface area (Å²) in [5.74, 6) is -0.363. The Balaban J connectivity index is 2.09. The van der Waals surface area contributed by atoms with Gasteiger partial charge in [0.25, 0.3) is 5.69 Å². The Bertz CT molecular complexity index is 1070. The van der Waals surface area contributed by atoms with Gasteiger partial charge in [-0.05, 0) is 47.2 Å². The fourth-order valence-corrected chi connectivity index (χ4v) is 3.03. The maximum Gasteiger partial charge on any atom is 0.341 e. The van der Waals surface area contributed by atoms with Gasteiger partial charge < -0.3 is 10.1 Å². The lowest BCUT2D eigenvalue weighted by Gasteiger charge is -2.12. The smallest absolute Gasteiger partial charge is 0.341 e. The first-order chi connectivity index (χ1) is 13.4. The number of carbonyl (C=O) groups is 1. The average molecular weight is 490 g/mol. The number of hydrogen-bond acceptors (Lipinski definition) is 7. The molecule has 28 heavy (non-hydrogen) atoms. The number of esters is 1. The zero-order valence-electron chi connectivity index (χ0n) is 15.0. The molecule has 142 valence electrons. The van der Waals surface area contributed by atoms with Crippen molar-refractivity contribution in [3.8, 4) is 11.3 Å². The van der Waals surface area contributed by atoms with Crippen molar-refractivity contribution in [1.82, 2.24) is 9.97 Å². The van der Waals surface area contributed by atoms with Gasteiger partial charge in [-0.3, -0.25) is 10.1 Å². The second-order valence-electron chi connectivity index (χ2n) is 5.84. The van der Waals surface area contributed by atoms with Crippen molar-refractivity contribution >= 4 is 45.9 Å². The molecule has 0 saturated carbocycles. The highest BCUT2D eigenvalue weighted by molar-refractivity contribution is 14.1. The molecule has 3 rings (SSSR count). The molecule has 1 heterocycles. The molecule has 3 aromatic rings. The van der Waals surface area contributed by atoms with Gasteiger partial charge in [0.2, 0.25) is 5.95 Å². The Hall–Kier alpha value is -3.08. The second-order valence-corrected chi connectivity index (χ2v) is 7.08. The number of benzene rings is 2. The highest BCUT2D eigenvalue weighted by Crippen LogP contribution is 2.28. The number of methoxy groups -OCH3 is 1. The van der Waals surface area contributed by atoms with E-state index in [1.807, 2.05) is 25.1 Å². The summed E-state index contributed by atoms with van der Waals surface area (Å²) in [6.07, 6.45) is 1.35. The summed E-state index contributed by atoms with van der Waals surface area (Å²) >= 11 is 2.20. The maximum atomic E-state index is 12.1. The summed E-state index contributed by atoms with van der Waals surface area (Å²) in [6, 6.07) is 11.8. The number of ether oxygens (including phenoxy) is 1. The lowest BCUT2D eigenvalue weighted by molar-refractivity contribution is -0.384. The van der Waals surface area contributed by atoms with Gasteiger partial charge in [-0.25, -0.2) is 14.8 Å². The molecule has 0 amide bonds. The van der Waals surface area contributed by atoms with E-state index in [1.165, 1.54) is 31.5 Å². The number of carbonyl (C=O) groups excluding carboxylic acids is 1. The Morgan fingerprint density at radius 3 is 2.75 bits per heavy atom. The number of non-ortho nitro benzene ring substituents is 1. The van der Waals surface area contributed by atoms with E-state index in [1.54, 1.807) is 6.07 Å². The van der Waals surface area contributed by atoms with Crippen molar-refractivity contribution in [2.24, 2.45) is 0 Å². The molecule has 0 bridgehead atoms. The minimum atomic E-state index is -0.626. The summed E-state index contributed by atoms with van der Waals surface area (Å²) in [4.78, 5) is 31.4. The quantitative estimate of drug-likeness (QED) is 0.243. The molecule has 0 aliphatic rings. The van der Waals surface area contributed by atoms with Crippen LogP contribution in [-0.4, -0.2) is 28.0 Å². The summed E-state index contributed by atoms with van der Waals surface area (Å²) in [5.41, 5.74) is 2.50. The molecule has 0 aliphatic carbocycles. The van der Waals surface area contributed by atoms with E-state index in [0.717, 1.165) is 14.8 Å². The number of nitrogens with zero attached hydrogens (tertiary/aromatic N) is 3. The molecule has 8 nitrogen and oxygen atoms in total. The molecule has 0 atom stereocenters. The summed E-state index contributed by atoms with van der Waals surface area (Å²) in [7, 11) is 1.25. The lowest BCUT2D eigenvalue weighted by Crippen LogP contribution is -2.09. The normalized spacial score (nSPS) is 10.4. The van der Waals surface area contributed by atoms with Gasteiger partial charge in [0, 0.05) is 33.2 Å². The van der Waals surface area contributed by atoms with E-state index in [9.17, 15) is 14.9 Å². The minimum absolute atomic E-state index is 0.102. The van der Waals surface area contributed by atoms with Gasteiger partial charge in [0.15, 0.2) is 0 Å². The van der Waals surface area contributed by atoms with Crippen molar-refractivity contribution in [1.29, 1.82) is 0 Å². The van der Waals surface area contributed by atoms with Crippen molar-refractivity contribution in [2.75, 3.05) is 12.4 Å². The van der Waals surface area contributed by atoms with Gasteiger partial charge in [0.05, 0.1) is 17.7 Å². The van der Waals surface area contributed by atoms with Gasteiger partial charge in [0.1, 0.15) is 5.56 Å². The molecular formula is C19H15IN4O4. The van der Waals surface area contributed by atoms with Crippen LogP contribution < -0.4 is 5.32 Å². The number of nitrogens with one attached hydrogen (secondary N) is 1. The SMILES string of the molecule is COC(=O)c1cnc(Nc2cc(I)ccc2C)nc1-c1cccc([N+](=O)[O-])c1. The number of halogens is 1. The van der Waals surface area contributed by atoms with E-state index in [4.69, 9.17) is 4.74 Å². The molecule has 9 heteroatoms. The van der Waals surface area contributed by atoms with E-state index < -0.39 is 10.9 Å². The number of rotatable bonds is 5. The average Bonchev–Trinajstić information content (AvgIpc) is 2.70. The highest BCUT2D eigenvalue weighted by atomic mass is 127. The fourth-order valence-electron chi connectivity index (χ4n) is 2.54. The minimum Gasteiger partial charge on any atom is -0.465 e. The van der Waals surface area contributed by atoms with Gasteiger partial charge in [-0.2, -0.15) is 0 Å². The predicted molar refractivity (Wildman–Crippen MR) is 113 cm³/mol. The maximum absolute atomic E-state index is 12.1. The van der Waals surface area contributed by atoms with Crippen LogP contribution >= 0.6 is 22.6 Å². The molecule has 0 saturated heterocycles. The molecule has 2 aromatic carbocycles. The largest absolute Gasteiger partial charge is 0.465 e. The highest BCUT2D eigenvalue weighted by Gasteiger charge is 2.19. The molecule has 0 fully saturated rings. The Kier molecular flexibility index (Phi) is 5.83. The van der Waals surface area contributed by atoms with Gasteiger partial charge in [-0.15, -0.1) is 0 Å². The van der Waals surface area contributed by atoms with Crippen LogP contribution in [0.5, 0.6) is 0 Å². The molecular weight excluding hydrogens is 475 g/mol. The lowest BCUT2D eigenvalue weighted by atomic mass is 10.1. The number of nitro benzene ring substituents is 1. The Morgan fingerprint density at radius 2 is 2.04 bits per heavy atom. The number of nitro groups is 1. The van der Waals surface area contributed by atoms with Crippen LogP contribution in [0.15, 0.2) is 48.7 Å². The van der Waals surface area contributed by atoms with Crippen molar-refractivity contribution in [2.45, 2.75) is 6.92 Å². The van der Waals surface area contributed by atoms with Crippen LogP contribution in [0, 0.1) is 20.6 Å². The third-order valence-electron chi connectivity index (χ3n) is 3.97. The first-order valence-corrected chi connectivity index (χ1v) is 9.20. The monoisotopic (exact) mass is 490 g/mol. The topological polar surface area (TPSA) is 107 Å². The van der Waals surface area contributed by atoms with E-state index in [0.29, 0.717) is 5.56 Å². The van der Waals surface area contributed by atoms with Crippen LogP contribution in [0.2, 0.25) is 0 Å². The van der Waals surface area contributed by atoms with E-state index in [-0.39, 0.29) is 22.9 Å². The molecule has 0 spiro atoms. The fraction of sp³-hybridized carbons (Fsp3) is 0.105. The van der Waals surface area contributed by atoms with Crippen LogP contribution in [0.4, 0.5) is 17.3 Å². The summed E-state index contributed by atoms with van der Waals surface area (Å²) in [6.45, 7) is 1.95. The van der Waals surface area contributed by atoms with Crippen LogP contribution in [0.3, 0.4) is 0 Å². The molecule has 0 aliphatic heterocycles. The summed E-state index contributed by atoms with van der Waals surface area (Å²) in [5, 5.41) is 14.2. The van der Waals surface area contributed by atoms with E-state index >= 15 is 0 Å². The number of anilines is 2. The third-order valence-corrected chi connectivity index (χ3v) is 4.64. The van der Waals surface area contributed by atoms with E-state index in [2.05, 4.69) is 37.9 Å². The molecule has 0 unspecified atom stereocenters. The first-order valence-electron chi connectivity index (χ1n) is 8.12. The number of hydrogen-bond donors (Lipinski definition) is 1. The molecule has 0 radical (unpaired) electrons. The Morgan fingerprint density at radius 1 is 1.25 bits per heavy atom. The Labute approximate surface area is 174 Å². The van der Waals surface area contributed by atoms with Gasteiger partial charge >= 0.3 is 5.97 Å². The van der Waals surface area contributed by atoms with Crippen molar-refractivity contribution in [3.05, 3.63) is 73.5 Å². The van der Waals surface area contributed by atoms with Gasteiger partial charge in [-0.1, -0.05) is 18.2 Å². The van der Waals surface area contributed by atoms with Crippen molar-refractivity contribution in [3.63, 3.8) is 0 Å². The van der Waals surface area contributed by atoms with Crippen LogP contribution in [-0.2, 0) is 4.74 Å². The predicted octanol–water partition coefficient (Wildman–Crippen LogP) is 4.50. The van der Waals surface area contributed by atoms with Crippen LogP contribution in [0.25, 0.3) is 11.3 Å². The zero-order chi connectivity index (χ0) is 20.3. The number of aryl methyl sites for hydroxylation is 1. The molecule has 1 N–H and O–H groups in total. The second kappa shape index (κ2) is 8.30. The zero-order valence-corrected chi connectivity index (χ0v) is 17.1. The standard InChI is InChI=1S/C19H15IN4O4/c1-11-6-7-13(20)9-16(11)22-19-21-10-15(18(25)28-2)17(23-19)12-4-3-5-14(8-12)24(26)27/h3-10H,1-2H3,(H,21,22,23). The third kappa shape index (κ3) is 4.25. The molecule has 1 aromatic heterocycles.